The van der Waals surface area contributed by atoms with E-state index in [1.165, 1.54) is 4.88 Å². The van der Waals surface area contributed by atoms with Gasteiger partial charge in [-0.1, -0.05) is 29.5 Å². The zero-order valence-electron chi connectivity index (χ0n) is 10.8. The van der Waals surface area contributed by atoms with Gasteiger partial charge in [0.05, 0.1) is 10.6 Å². The molecule has 2 aromatic heterocycles. The second-order valence-corrected chi connectivity index (χ2v) is 5.55. The smallest absolute Gasteiger partial charge is 0.313 e. The molecular weight excluding hydrogens is 258 g/mol. The molecule has 96 valence electrons. The summed E-state index contributed by atoms with van der Waals surface area (Å²) in [7, 11) is 0. The van der Waals surface area contributed by atoms with Crippen molar-refractivity contribution in [3.05, 3.63) is 47.1 Å². The predicted octanol–water partition coefficient (Wildman–Crippen LogP) is 2.88. The first-order chi connectivity index (χ1) is 9.15. The van der Waals surface area contributed by atoms with Crippen molar-refractivity contribution >= 4 is 17.4 Å². The molecule has 1 aromatic carbocycles. The Bertz CT molecular complexity index is 716. The van der Waals surface area contributed by atoms with Gasteiger partial charge in [0, 0.05) is 12.1 Å². The quantitative estimate of drug-likeness (QED) is 0.730. The highest BCUT2D eigenvalue weighted by molar-refractivity contribution is 7.14. The molecule has 0 saturated heterocycles. The van der Waals surface area contributed by atoms with Gasteiger partial charge in [-0.2, -0.15) is 4.98 Å². The Kier molecular flexibility index (Phi) is 2.83. The van der Waals surface area contributed by atoms with Gasteiger partial charge in [0.25, 0.3) is 6.01 Å². The summed E-state index contributed by atoms with van der Waals surface area (Å²) in [6.45, 7) is 3.97. The van der Waals surface area contributed by atoms with Crippen LogP contribution in [-0.2, 0) is 0 Å². The summed E-state index contributed by atoms with van der Waals surface area (Å²) in [5, 5.41) is 1.01. The molecule has 4 nitrogen and oxygen atoms in total. The first-order valence-electron chi connectivity index (χ1n) is 5.96. The minimum absolute atomic E-state index is 0.207. The van der Waals surface area contributed by atoms with Gasteiger partial charge in [-0.3, -0.25) is 0 Å². The number of hydrogen-bond donors (Lipinski definition) is 1. The molecule has 0 aliphatic carbocycles. The molecule has 0 saturated carbocycles. The number of rotatable bonds is 2. The molecule has 2 N–H and O–H groups in total. The van der Waals surface area contributed by atoms with E-state index in [2.05, 4.69) is 34.8 Å². The number of benzene rings is 1. The van der Waals surface area contributed by atoms with E-state index in [1.807, 2.05) is 25.1 Å². The van der Waals surface area contributed by atoms with Crippen LogP contribution in [-0.4, -0.2) is 4.98 Å². The first-order valence-corrected chi connectivity index (χ1v) is 6.77. The van der Waals surface area contributed by atoms with Gasteiger partial charge in [0.2, 0.25) is 11.4 Å². The van der Waals surface area contributed by atoms with Gasteiger partial charge in [-0.05, 0) is 13.8 Å². The van der Waals surface area contributed by atoms with E-state index in [4.69, 9.17) is 10.2 Å². The van der Waals surface area contributed by atoms with Crippen molar-refractivity contribution in [1.29, 1.82) is 0 Å². The third-order valence-electron chi connectivity index (χ3n) is 2.83. The van der Waals surface area contributed by atoms with E-state index in [1.54, 1.807) is 11.3 Å². The average molecular weight is 272 g/mol. The van der Waals surface area contributed by atoms with E-state index in [-0.39, 0.29) is 6.01 Å². The third-order valence-corrected chi connectivity index (χ3v) is 3.83. The standard InChI is InChI=1S/C14H13N3OS/c1-9-8-17(11-6-4-3-5-7-11)13(19-9)12-10(2)16-14(15)18-12/h3-8,15H,1-2H3/p+1. The minimum Gasteiger partial charge on any atom is -0.416 e. The van der Waals surface area contributed by atoms with Gasteiger partial charge in [0.1, 0.15) is 0 Å². The molecule has 0 atom stereocenters. The van der Waals surface area contributed by atoms with E-state index >= 15 is 0 Å². The SMILES string of the molecule is Cc1c[n+](-c2ccccc2)c(-c2oc(N)nc2C)s1. The lowest BCUT2D eigenvalue weighted by molar-refractivity contribution is -0.579. The van der Waals surface area contributed by atoms with E-state index in [0.717, 1.165) is 22.1 Å². The fraction of sp³-hybridized carbons (Fsp3) is 0.143. The van der Waals surface area contributed by atoms with Crippen LogP contribution in [0.3, 0.4) is 0 Å². The zero-order chi connectivity index (χ0) is 13.4. The lowest BCUT2D eigenvalue weighted by atomic mass is 10.3. The molecule has 0 unspecified atom stereocenters. The number of nitrogens with zero attached hydrogens (tertiary/aromatic N) is 2. The Morgan fingerprint density at radius 3 is 2.58 bits per heavy atom. The number of hydrogen-bond acceptors (Lipinski definition) is 4. The van der Waals surface area contributed by atoms with Crippen LogP contribution in [0.25, 0.3) is 16.5 Å². The molecule has 0 aliphatic rings. The number of anilines is 1. The average Bonchev–Trinajstić information content (AvgIpc) is 2.93. The topological polar surface area (TPSA) is 55.9 Å². The highest BCUT2D eigenvalue weighted by Gasteiger charge is 2.25. The maximum Gasteiger partial charge on any atom is 0.313 e. The van der Waals surface area contributed by atoms with E-state index in [9.17, 15) is 0 Å². The van der Waals surface area contributed by atoms with E-state index < -0.39 is 0 Å². The molecule has 0 aliphatic heterocycles. The maximum absolute atomic E-state index is 5.63. The second kappa shape index (κ2) is 4.51. The van der Waals surface area contributed by atoms with Crippen molar-refractivity contribution in [3.63, 3.8) is 0 Å². The summed E-state index contributed by atoms with van der Waals surface area (Å²) < 4.78 is 7.64. The van der Waals surface area contributed by atoms with Crippen molar-refractivity contribution in [2.24, 2.45) is 0 Å². The molecule has 0 radical (unpaired) electrons. The summed E-state index contributed by atoms with van der Waals surface area (Å²) in [4.78, 5) is 5.34. The van der Waals surface area contributed by atoms with Crippen molar-refractivity contribution in [2.75, 3.05) is 5.73 Å². The summed E-state index contributed by atoms with van der Waals surface area (Å²) >= 11 is 1.66. The highest BCUT2D eigenvalue weighted by Crippen LogP contribution is 2.29. The van der Waals surface area contributed by atoms with Crippen LogP contribution >= 0.6 is 11.3 Å². The fourth-order valence-electron chi connectivity index (χ4n) is 2.02. The van der Waals surface area contributed by atoms with Crippen LogP contribution < -0.4 is 10.3 Å². The van der Waals surface area contributed by atoms with Crippen molar-refractivity contribution in [1.82, 2.24) is 4.98 Å². The number of para-hydroxylation sites is 1. The monoisotopic (exact) mass is 272 g/mol. The minimum atomic E-state index is 0.207. The van der Waals surface area contributed by atoms with Crippen molar-refractivity contribution < 1.29 is 8.98 Å². The lowest BCUT2D eigenvalue weighted by Crippen LogP contribution is -2.29. The van der Waals surface area contributed by atoms with Crippen LogP contribution in [0.15, 0.2) is 40.9 Å². The fourth-order valence-corrected chi connectivity index (χ4v) is 3.02. The zero-order valence-corrected chi connectivity index (χ0v) is 11.6. The van der Waals surface area contributed by atoms with Gasteiger partial charge >= 0.3 is 5.01 Å². The lowest BCUT2D eigenvalue weighted by Gasteiger charge is -1.95. The van der Waals surface area contributed by atoms with Crippen LogP contribution in [0.2, 0.25) is 0 Å². The van der Waals surface area contributed by atoms with Crippen LogP contribution in [0.4, 0.5) is 6.01 Å². The predicted molar refractivity (Wildman–Crippen MR) is 75.2 cm³/mol. The molecule has 0 amide bonds. The van der Waals surface area contributed by atoms with Crippen LogP contribution in [0.5, 0.6) is 0 Å². The summed E-state index contributed by atoms with van der Waals surface area (Å²) in [5.41, 5.74) is 7.53. The molecule has 0 bridgehead atoms. The highest BCUT2D eigenvalue weighted by atomic mass is 32.1. The first kappa shape index (κ1) is 11.9. The number of aromatic nitrogens is 2. The Balaban J connectivity index is 2.20. The van der Waals surface area contributed by atoms with Crippen molar-refractivity contribution in [3.8, 4) is 16.5 Å². The Morgan fingerprint density at radius 2 is 1.95 bits per heavy atom. The number of thiazole rings is 1. The van der Waals surface area contributed by atoms with Crippen molar-refractivity contribution in [2.45, 2.75) is 13.8 Å². The maximum atomic E-state index is 5.63. The molecule has 5 heteroatoms. The summed E-state index contributed by atoms with van der Waals surface area (Å²) in [5.74, 6) is 0.736. The van der Waals surface area contributed by atoms with Crippen LogP contribution in [0, 0.1) is 13.8 Å². The molecule has 0 fully saturated rings. The van der Waals surface area contributed by atoms with Gasteiger partial charge in [-0.25, -0.2) is 0 Å². The second-order valence-electron chi connectivity index (χ2n) is 4.32. The molecular formula is C14H14N3OS+. The van der Waals surface area contributed by atoms with Gasteiger partial charge < -0.3 is 10.2 Å². The van der Waals surface area contributed by atoms with E-state index in [0.29, 0.717) is 0 Å². The number of aryl methyl sites for hydroxylation is 2. The summed E-state index contributed by atoms with van der Waals surface area (Å²) in [6, 6.07) is 10.4. The molecule has 0 spiro atoms. The summed E-state index contributed by atoms with van der Waals surface area (Å²) in [6.07, 6.45) is 2.09. The molecule has 2 heterocycles. The normalized spacial score (nSPS) is 10.8. The molecule has 19 heavy (non-hydrogen) atoms. The van der Waals surface area contributed by atoms with Crippen LogP contribution in [0.1, 0.15) is 10.6 Å². The molecule has 3 rings (SSSR count). The largest absolute Gasteiger partial charge is 0.416 e. The number of nitrogen functional groups attached to an aromatic ring is 1. The number of nitrogens with two attached hydrogens (primary N) is 1. The van der Waals surface area contributed by atoms with Gasteiger partial charge in [-0.15, -0.1) is 4.57 Å². The third kappa shape index (κ3) is 2.13. The Labute approximate surface area is 115 Å². The Morgan fingerprint density at radius 1 is 1.21 bits per heavy atom. The number of oxazole rings is 1. The van der Waals surface area contributed by atoms with Gasteiger partial charge in [0.15, 0.2) is 6.20 Å². The Hall–Kier alpha value is -2.14. The molecule has 3 aromatic rings.